The fraction of sp³-hybridized carbons (Fsp3) is 0.500. The number of benzene rings is 1. The lowest BCUT2D eigenvalue weighted by atomic mass is 10.0. The van der Waals surface area contributed by atoms with E-state index >= 15 is 0 Å². The van der Waals surface area contributed by atoms with Gasteiger partial charge in [0, 0.05) is 10.9 Å². The molecule has 0 aliphatic heterocycles. The van der Waals surface area contributed by atoms with E-state index in [0.29, 0.717) is 27.6 Å². The third-order valence-corrected chi connectivity index (χ3v) is 5.07. The molecule has 0 heterocycles. The van der Waals surface area contributed by atoms with Crippen LogP contribution in [0.4, 0.5) is 0 Å². The van der Waals surface area contributed by atoms with Crippen LogP contribution >= 0.6 is 23.2 Å². The number of hydrazine groups is 1. The Bertz CT molecular complexity index is 611. The molecule has 2 aliphatic rings. The van der Waals surface area contributed by atoms with E-state index < -0.39 is 5.91 Å². The van der Waals surface area contributed by atoms with E-state index in [2.05, 4.69) is 10.9 Å². The molecule has 1 aromatic rings. The van der Waals surface area contributed by atoms with Crippen LogP contribution < -0.4 is 15.6 Å². The van der Waals surface area contributed by atoms with Crippen molar-refractivity contribution in [3.63, 3.8) is 0 Å². The molecule has 124 valence electrons. The molecule has 1 aromatic carbocycles. The van der Waals surface area contributed by atoms with Crippen molar-refractivity contribution in [2.45, 2.75) is 25.7 Å². The normalized spacial score (nSPS) is 25.2. The van der Waals surface area contributed by atoms with Crippen molar-refractivity contribution in [3.05, 3.63) is 28.2 Å². The van der Waals surface area contributed by atoms with Crippen LogP contribution in [0.15, 0.2) is 18.2 Å². The minimum absolute atomic E-state index is 0.0597. The first-order chi connectivity index (χ1) is 11.1. The van der Waals surface area contributed by atoms with E-state index in [1.165, 1.54) is 18.9 Å². The summed E-state index contributed by atoms with van der Waals surface area (Å²) in [7, 11) is 0. The van der Waals surface area contributed by atoms with Gasteiger partial charge in [0.2, 0.25) is 5.91 Å². The van der Waals surface area contributed by atoms with Crippen LogP contribution in [-0.4, -0.2) is 18.4 Å². The molecular formula is C16H18Cl2N2O3. The van der Waals surface area contributed by atoms with Gasteiger partial charge >= 0.3 is 0 Å². The summed E-state index contributed by atoms with van der Waals surface area (Å²) in [5.74, 6) is 0.900. The van der Waals surface area contributed by atoms with Gasteiger partial charge in [0.25, 0.3) is 5.91 Å². The van der Waals surface area contributed by atoms with Gasteiger partial charge in [-0.2, -0.15) is 0 Å². The largest absolute Gasteiger partial charge is 0.482 e. The molecule has 7 heteroatoms. The van der Waals surface area contributed by atoms with Gasteiger partial charge in [0.15, 0.2) is 6.61 Å². The van der Waals surface area contributed by atoms with Gasteiger partial charge in [0.05, 0.1) is 5.02 Å². The number of amides is 2. The first-order valence-corrected chi connectivity index (χ1v) is 8.48. The molecule has 2 amide bonds. The molecular weight excluding hydrogens is 339 g/mol. The molecule has 1 unspecified atom stereocenters. The number of nitrogens with one attached hydrogen (secondary N) is 2. The molecule has 0 saturated heterocycles. The Morgan fingerprint density at radius 2 is 1.83 bits per heavy atom. The summed E-state index contributed by atoms with van der Waals surface area (Å²) in [5, 5.41) is 0.821. The maximum absolute atomic E-state index is 12.0. The van der Waals surface area contributed by atoms with Crippen LogP contribution in [0.2, 0.25) is 10.0 Å². The van der Waals surface area contributed by atoms with Crippen molar-refractivity contribution in [2.24, 2.45) is 17.8 Å². The van der Waals surface area contributed by atoms with Gasteiger partial charge < -0.3 is 4.74 Å². The molecule has 3 rings (SSSR count). The second-order valence-electron chi connectivity index (χ2n) is 6.04. The fourth-order valence-corrected chi connectivity index (χ4v) is 3.83. The van der Waals surface area contributed by atoms with Gasteiger partial charge in [-0.3, -0.25) is 20.4 Å². The summed E-state index contributed by atoms with van der Waals surface area (Å²) in [6.45, 7) is -0.237. The smallest absolute Gasteiger partial charge is 0.276 e. The zero-order chi connectivity index (χ0) is 16.4. The van der Waals surface area contributed by atoms with E-state index in [0.717, 1.165) is 12.8 Å². The van der Waals surface area contributed by atoms with Crippen LogP contribution in [0.25, 0.3) is 0 Å². The van der Waals surface area contributed by atoms with Crippen molar-refractivity contribution in [1.82, 2.24) is 10.9 Å². The van der Waals surface area contributed by atoms with Crippen LogP contribution in [-0.2, 0) is 9.59 Å². The lowest BCUT2D eigenvalue weighted by Gasteiger charge is -2.10. The quantitative estimate of drug-likeness (QED) is 0.815. The van der Waals surface area contributed by atoms with Crippen LogP contribution in [0.5, 0.6) is 5.75 Å². The molecule has 0 bridgehead atoms. The van der Waals surface area contributed by atoms with E-state index in [9.17, 15) is 9.59 Å². The molecule has 0 aromatic heterocycles. The number of hydrogen-bond donors (Lipinski definition) is 2. The van der Waals surface area contributed by atoms with E-state index in [1.807, 2.05) is 0 Å². The molecule has 2 saturated carbocycles. The summed E-state index contributed by atoms with van der Waals surface area (Å²) in [5.41, 5.74) is 4.87. The highest BCUT2D eigenvalue weighted by atomic mass is 35.5. The SMILES string of the molecule is O=C(COc1ccc(Cl)cc1Cl)NNC(=O)C1[C@H]2CCCC[C@@H]12. The monoisotopic (exact) mass is 356 g/mol. The minimum atomic E-state index is -0.437. The van der Waals surface area contributed by atoms with Gasteiger partial charge in [-0.25, -0.2) is 0 Å². The van der Waals surface area contributed by atoms with E-state index in [-0.39, 0.29) is 18.4 Å². The van der Waals surface area contributed by atoms with Gasteiger partial charge in [-0.1, -0.05) is 36.0 Å². The predicted molar refractivity (Wildman–Crippen MR) is 87.2 cm³/mol. The molecule has 2 N–H and O–H groups in total. The average molecular weight is 357 g/mol. The molecule has 2 aliphatic carbocycles. The Labute approximate surface area is 144 Å². The summed E-state index contributed by atoms with van der Waals surface area (Å²) in [6.07, 6.45) is 4.64. The first-order valence-electron chi connectivity index (χ1n) is 7.73. The Morgan fingerprint density at radius 3 is 2.48 bits per heavy atom. The van der Waals surface area contributed by atoms with Crippen molar-refractivity contribution in [1.29, 1.82) is 0 Å². The first kappa shape index (κ1) is 16.4. The van der Waals surface area contributed by atoms with E-state index in [1.54, 1.807) is 12.1 Å². The van der Waals surface area contributed by atoms with Gasteiger partial charge in [0.1, 0.15) is 5.75 Å². The Balaban J connectivity index is 1.40. The molecule has 5 nitrogen and oxygen atoms in total. The molecule has 0 spiro atoms. The molecule has 2 fully saturated rings. The number of ether oxygens (including phenoxy) is 1. The highest BCUT2D eigenvalue weighted by Gasteiger charge is 2.54. The number of rotatable bonds is 4. The van der Waals surface area contributed by atoms with Crippen molar-refractivity contribution in [2.75, 3.05) is 6.61 Å². The molecule has 0 radical (unpaired) electrons. The molecule has 23 heavy (non-hydrogen) atoms. The zero-order valence-corrected chi connectivity index (χ0v) is 14.0. The topological polar surface area (TPSA) is 67.4 Å². The number of fused-ring (bicyclic) bond motifs is 1. The lowest BCUT2D eigenvalue weighted by Crippen LogP contribution is -2.44. The number of hydrogen-bond acceptors (Lipinski definition) is 3. The standard InChI is InChI=1S/C16H18Cl2N2O3/c17-9-5-6-13(12(18)7-9)23-8-14(21)19-20-16(22)15-10-3-1-2-4-11(10)15/h5-7,10-11,15H,1-4,8H2,(H,19,21)(H,20,22)/t10-,11+,15?. The predicted octanol–water partition coefficient (Wildman–Crippen LogP) is 2.96. The van der Waals surface area contributed by atoms with Crippen LogP contribution in [0, 0.1) is 17.8 Å². The van der Waals surface area contributed by atoms with Crippen molar-refractivity contribution in [3.8, 4) is 5.75 Å². The Hall–Kier alpha value is -1.46. The number of carbonyl (C=O) groups excluding carboxylic acids is 2. The number of carbonyl (C=O) groups is 2. The third kappa shape index (κ3) is 3.90. The maximum Gasteiger partial charge on any atom is 0.276 e. The minimum Gasteiger partial charge on any atom is -0.482 e. The summed E-state index contributed by atoms with van der Waals surface area (Å²) in [6, 6.07) is 4.75. The second kappa shape index (κ2) is 6.97. The van der Waals surface area contributed by atoms with Gasteiger partial charge in [-0.15, -0.1) is 0 Å². The van der Waals surface area contributed by atoms with Gasteiger partial charge in [-0.05, 0) is 42.9 Å². The van der Waals surface area contributed by atoms with Crippen molar-refractivity contribution >= 4 is 35.0 Å². The van der Waals surface area contributed by atoms with E-state index in [4.69, 9.17) is 27.9 Å². The number of halogens is 2. The highest BCUT2D eigenvalue weighted by molar-refractivity contribution is 6.35. The Morgan fingerprint density at radius 1 is 1.13 bits per heavy atom. The third-order valence-electron chi connectivity index (χ3n) is 4.54. The Kier molecular flexibility index (Phi) is 4.97. The molecule has 3 atom stereocenters. The van der Waals surface area contributed by atoms with Crippen molar-refractivity contribution < 1.29 is 14.3 Å². The second-order valence-corrected chi connectivity index (χ2v) is 6.88. The average Bonchev–Trinajstić information content (AvgIpc) is 3.26. The summed E-state index contributed by atoms with van der Waals surface area (Å²) < 4.78 is 5.30. The lowest BCUT2D eigenvalue weighted by molar-refractivity contribution is -0.130. The highest BCUT2D eigenvalue weighted by Crippen LogP contribution is 2.55. The van der Waals surface area contributed by atoms with Crippen LogP contribution in [0.3, 0.4) is 0 Å². The zero-order valence-electron chi connectivity index (χ0n) is 12.5. The fourth-order valence-electron chi connectivity index (χ4n) is 3.37. The summed E-state index contributed by atoms with van der Waals surface area (Å²) in [4.78, 5) is 23.8. The summed E-state index contributed by atoms with van der Waals surface area (Å²) >= 11 is 11.7. The van der Waals surface area contributed by atoms with Crippen LogP contribution in [0.1, 0.15) is 25.7 Å². The maximum atomic E-state index is 12.0.